The molecule has 0 aliphatic carbocycles. The summed E-state index contributed by atoms with van der Waals surface area (Å²) in [6.07, 6.45) is 0. The Bertz CT molecular complexity index is 1850. The molecule has 7 aromatic rings. The summed E-state index contributed by atoms with van der Waals surface area (Å²) in [4.78, 5) is 0. The van der Waals surface area contributed by atoms with Crippen LogP contribution in [0.15, 0.2) is 152 Å². The van der Waals surface area contributed by atoms with Gasteiger partial charge in [0.2, 0.25) is 0 Å². The molecule has 37 heavy (non-hydrogen) atoms. The van der Waals surface area contributed by atoms with Crippen molar-refractivity contribution >= 4 is 21.8 Å². The topological polar surface area (TPSA) is 4.93 Å². The van der Waals surface area contributed by atoms with E-state index in [1.54, 1.807) is 0 Å². The standard InChI is InChI=1S/C36H25N/c1-4-13-26(14-5-1)29-23-24-34-32(25-29)31-19-10-11-21-33(31)37(34)35-22-12-20-30(27-15-6-2-7-16-27)36(35)28-17-8-3-9-18-28/h1-25H. The number of nitrogens with zero attached hydrogens (tertiary/aromatic N) is 1. The molecule has 0 bridgehead atoms. The average molecular weight is 472 g/mol. The highest BCUT2D eigenvalue weighted by Crippen LogP contribution is 2.41. The van der Waals surface area contributed by atoms with Crippen LogP contribution in [0.5, 0.6) is 0 Å². The van der Waals surface area contributed by atoms with Crippen molar-refractivity contribution in [3.8, 4) is 39.1 Å². The molecule has 0 aliphatic rings. The lowest BCUT2D eigenvalue weighted by atomic mass is 9.93. The molecule has 0 saturated carbocycles. The van der Waals surface area contributed by atoms with Crippen LogP contribution in [0.2, 0.25) is 0 Å². The van der Waals surface area contributed by atoms with Gasteiger partial charge >= 0.3 is 0 Å². The average Bonchev–Trinajstić information content (AvgIpc) is 3.32. The Morgan fingerprint density at radius 3 is 1.68 bits per heavy atom. The molecule has 0 fully saturated rings. The van der Waals surface area contributed by atoms with Gasteiger partial charge in [0.05, 0.1) is 16.7 Å². The zero-order valence-corrected chi connectivity index (χ0v) is 20.4. The highest BCUT2D eigenvalue weighted by atomic mass is 15.0. The number of fused-ring (bicyclic) bond motifs is 3. The van der Waals surface area contributed by atoms with E-state index in [1.165, 1.54) is 60.9 Å². The third kappa shape index (κ3) is 3.64. The maximum atomic E-state index is 2.44. The third-order valence-corrected chi connectivity index (χ3v) is 7.21. The van der Waals surface area contributed by atoms with Crippen LogP contribution >= 0.6 is 0 Å². The lowest BCUT2D eigenvalue weighted by molar-refractivity contribution is 1.18. The Balaban J connectivity index is 1.57. The van der Waals surface area contributed by atoms with Crippen LogP contribution in [0.3, 0.4) is 0 Å². The predicted octanol–water partition coefficient (Wildman–Crippen LogP) is 9.78. The number of para-hydroxylation sites is 1. The van der Waals surface area contributed by atoms with Gasteiger partial charge in [-0.3, -0.25) is 0 Å². The molecule has 1 aromatic heterocycles. The highest BCUT2D eigenvalue weighted by Gasteiger charge is 2.19. The minimum Gasteiger partial charge on any atom is -0.309 e. The molecule has 7 rings (SSSR count). The summed E-state index contributed by atoms with van der Waals surface area (Å²) in [7, 11) is 0. The third-order valence-electron chi connectivity index (χ3n) is 7.21. The van der Waals surface area contributed by atoms with Gasteiger partial charge in [-0.1, -0.05) is 127 Å². The summed E-state index contributed by atoms with van der Waals surface area (Å²) in [6.45, 7) is 0. The van der Waals surface area contributed by atoms with E-state index in [0.29, 0.717) is 0 Å². The van der Waals surface area contributed by atoms with E-state index < -0.39 is 0 Å². The second-order valence-electron chi connectivity index (χ2n) is 9.38. The summed E-state index contributed by atoms with van der Waals surface area (Å²) in [6, 6.07) is 54.4. The molecular weight excluding hydrogens is 446 g/mol. The van der Waals surface area contributed by atoms with E-state index >= 15 is 0 Å². The van der Waals surface area contributed by atoms with Crippen LogP contribution in [0, 0.1) is 0 Å². The zero-order valence-electron chi connectivity index (χ0n) is 20.4. The van der Waals surface area contributed by atoms with Crippen LogP contribution in [-0.2, 0) is 0 Å². The van der Waals surface area contributed by atoms with E-state index in [9.17, 15) is 0 Å². The monoisotopic (exact) mass is 471 g/mol. The van der Waals surface area contributed by atoms with Crippen LogP contribution in [0.25, 0.3) is 60.9 Å². The Hall–Kier alpha value is -4.88. The molecule has 0 amide bonds. The SMILES string of the molecule is c1ccc(-c2ccc3c(c2)c2ccccc2n3-c2cccc(-c3ccccc3)c2-c2ccccc2)cc1. The Kier molecular flexibility index (Phi) is 5.19. The summed E-state index contributed by atoms with van der Waals surface area (Å²) < 4.78 is 2.44. The molecule has 0 radical (unpaired) electrons. The molecule has 0 spiro atoms. The molecule has 0 unspecified atom stereocenters. The Morgan fingerprint density at radius 2 is 0.946 bits per heavy atom. The normalized spacial score (nSPS) is 11.2. The van der Waals surface area contributed by atoms with Gasteiger partial charge in [0.25, 0.3) is 0 Å². The molecule has 0 saturated heterocycles. The molecule has 0 aliphatic heterocycles. The molecule has 1 nitrogen and oxygen atoms in total. The van der Waals surface area contributed by atoms with Gasteiger partial charge in [-0.15, -0.1) is 0 Å². The molecule has 6 aromatic carbocycles. The fourth-order valence-corrected chi connectivity index (χ4v) is 5.54. The first-order valence-electron chi connectivity index (χ1n) is 12.7. The largest absolute Gasteiger partial charge is 0.309 e. The number of hydrogen-bond donors (Lipinski definition) is 0. The predicted molar refractivity (Wildman–Crippen MR) is 157 cm³/mol. The van der Waals surface area contributed by atoms with Crippen molar-refractivity contribution < 1.29 is 0 Å². The van der Waals surface area contributed by atoms with E-state index in [1.807, 2.05) is 0 Å². The van der Waals surface area contributed by atoms with E-state index in [4.69, 9.17) is 0 Å². The molecule has 1 heteroatoms. The van der Waals surface area contributed by atoms with Gasteiger partial charge in [-0.2, -0.15) is 0 Å². The molecule has 0 atom stereocenters. The minimum atomic E-state index is 1.19. The summed E-state index contributed by atoms with van der Waals surface area (Å²) in [5.41, 5.74) is 11.0. The first-order chi connectivity index (χ1) is 18.4. The fraction of sp³-hybridized carbons (Fsp3) is 0. The first kappa shape index (κ1) is 21.4. The lowest BCUT2D eigenvalue weighted by Crippen LogP contribution is -1.99. The van der Waals surface area contributed by atoms with Crippen LogP contribution in [0.1, 0.15) is 0 Å². The van der Waals surface area contributed by atoms with Crippen molar-refractivity contribution in [3.05, 3.63) is 152 Å². The highest BCUT2D eigenvalue weighted by molar-refractivity contribution is 6.11. The van der Waals surface area contributed by atoms with Crippen molar-refractivity contribution in [3.63, 3.8) is 0 Å². The number of rotatable bonds is 4. The van der Waals surface area contributed by atoms with Gasteiger partial charge in [-0.05, 0) is 52.1 Å². The number of aromatic nitrogens is 1. The summed E-state index contributed by atoms with van der Waals surface area (Å²) >= 11 is 0. The summed E-state index contributed by atoms with van der Waals surface area (Å²) in [5, 5.41) is 2.53. The second-order valence-corrected chi connectivity index (χ2v) is 9.38. The van der Waals surface area contributed by atoms with Gasteiger partial charge in [0.1, 0.15) is 0 Å². The molecular formula is C36H25N. The van der Waals surface area contributed by atoms with E-state index in [-0.39, 0.29) is 0 Å². The first-order valence-corrected chi connectivity index (χ1v) is 12.7. The Morgan fingerprint density at radius 1 is 0.351 bits per heavy atom. The van der Waals surface area contributed by atoms with Crippen molar-refractivity contribution in [2.45, 2.75) is 0 Å². The van der Waals surface area contributed by atoms with E-state index in [0.717, 1.165) is 0 Å². The van der Waals surface area contributed by atoms with Crippen molar-refractivity contribution in [2.75, 3.05) is 0 Å². The fourth-order valence-electron chi connectivity index (χ4n) is 5.54. The zero-order chi connectivity index (χ0) is 24.6. The van der Waals surface area contributed by atoms with Crippen LogP contribution in [-0.4, -0.2) is 4.57 Å². The van der Waals surface area contributed by atoms with Gasteiger partial charge in [0, 0.05) is 16.3 Å². The lowest BCUT2D eigenvalue weighted by Gasteiger charge is -2.18. The number of benzene rings is 6. The van der Waals surface area contributed by atoms with Gasteiger partial charge in [-0.25, -0.2) is 0 Å². The van der Waals surface area contributed by atoms with Crippen LogP contribution in [0.4, 0.5) is 0 Å². The number of hydrogen-bond acceptors (Lipinski definition) is 0. The maximum absolute atomic E-state index is 2.44. The van der Waals surface area contributed by atoms with Crippen molar-refractivity contribution in [2.24, 2.45) is 0 Å². The maximum Gasteiger partial charge on any atom is 0.0546 e. The molecule has 1 heterocycles. The second kappa shape index (κ2) is 8.96. The molecule has 174 valence electrons. The van der Waals surface area contributed by atoms with Gasteiger partial charge in [0.15, 0.2) is 0 Å². The summed E-state index contributed by atoms with van der Waals surface area (Å²) in [5.74, 6) is 0. The minimum absolute atomic E-state index is 1.19. The van der Waals surface area contributed by atoms with Crippen LogP contribution < -0.4 is 0 Å². The van der Waals surface area contributed by atoms with Gasteiger partial charge < -0.3 is 4.57 Å². The van der Waals surface area contributed by atoms with Crippen molar-refractivity contribution in [1.82, 2.24) is 4.57 Å². The Labute approximate surface area is 216 Å². The molecule has 0 N–H and O–H groups in total. The van der Waals surface area contributed by atoms with E-state index in [2.05, 4.69) is 156 Å². The quantitative estimate of drug-likeness (QED) is 0.241. The smallest absolute Gasteiger partial charge is 0.0546 e. The van der Waals surface area contributed by atoms with Crippen molar-refractivity contribution in [1.29, 1.82) is 0 Å².